The molecular weight excluding hydrogens is 473 g/mol. The summed E-state index contributed by atoms with van der Waals surface area (Å²) in [5.41, 5.74) is 1.91. The van der Waals surface area contributed by atoms with Crippen molar-refractivity contribution < 1.29 is 9.53 Å². The monoisotopic (exact) mass is 503 g/mol. The first-order valence-corrected chi connectivity index (χ1v) is 13.8. The summed E-state index contributed by atoms with van der Waals surface area (Å²) in [4.78, 5) is 14.2. The molecule has 1 atom stereocenters. The van der Waals surface area contributed by atoms with Gasteiger partial charge in [0.1, 0.15) is 0 Å². The van der Waals surface area contributed by atoms with E-state index in [0.29, 0.717) is 13.0 Å². The van der Waals surface area contributed by atoms with Crippen molar-refractivity contribution in [2.75, 3.05) is 13.7 Å². The fourth-order valence-electron chi connectivity index (χ4n) is 4.78. The minimum Gasteiger partial charge on any atom is -0.383 e. The number of hydrogen-bond acceptors (Lipinski definition) is 2. The lowest BCUT2D eigenvalue weighted by molar-refractivity contribution is 0.0899. The predicted molar refractivity (Wildman–Crippen MR) is 156 cm³/mol. The molecule has 0 aliphatic carbocycles. The molecule has 0 saturated carbocycles. The molecule has 0 saturated heterocycles. The molecule has 3 nitrogen and oxygen atoms in total. The molecule has 0 spiro atoms. The van der Waals surface area contributed by atoms with Crippen molar-refractivity contribution in [3.63, 3.8) is 0 Å². The van der Waals surface area contributed by atoms with Gasteiger partial charge in [0, 0.05) is 7.11 Å². The van der Waals surface area contributed by atoms with Gasteiger partial charge in [-0.3, -0.25) is 4.79 Å². The highest BCUT2D eigenvalue weighted by atomic mass is 31.1. The van der Waals surface area contributed by atoms with E-state index < -0.39 is 7.92 Å². The van der Waals surface area contributed by atoms with Gasteiger partial charge < -0.3 is 10.1 Å². The van der Waals surface area contributed by atoms with Gasteiger partial charge in [-0.2, -0.15) is 0 Å². The van der Waals surface area contributed by atoms with Crippen LogP contribution in [-0.2, 0) is 11.2 Å². The molecule has 0 unspecified atom stereocenters. The molecule has 0 aromatic heterocycles. The molecule has 0 fully saturated rings. The van der Waals surface area contributed by atoms with E-state index in [9.17, 15) is 4.79 Å². The Bertz CT molecular complexity index is 1420. The summed E-state index contributed by atoms with van der Waals surface area (Å²) >= 11 is 0. The van der Waals surface area contributed by atoms with E-state index in [-0.39, 0.29) is 11.9 Å². The maximum Gasteiger partial charge on any atom is 0.252 e. The second kappa shape index (κ2) is 12.0. The zero-order valence-electron chi connectivity index (χ0n) is 20.9. The van der Waals surface area contributed by atoms with E-state index in [4.69, 9.17) is 4.74 Å². The van der Waals surface area contributed by atoms with Gasteiger partial charge in [0.05, 0.1) is 18.2 Å². The summed E-state index contributed by atoms with van der Waals surface area (Å²) in [7, 11) is 0.733. The van der Waals surface area contributed by atoms with Crippen LogP contribution in [0.5, 0.6) is 0 Å². The quantitative estimate of drug-likeness (QED) is 0.267. The molecule has 1 N–H and O–H groups in total. The smallest absolute Gasteiger partial charge is 0.252 e. The van der Waals surface area contributed by atoms with E-state index in [2.05, 4.69) is 90.2 Å². The molecule has 0 heterocycles. The summed E-state index contributed by atoms with van der Waals surface area (Å²) in [5.74, 6) is -0.0656. The van der Waals surface area contributed by atoms with E-state index in [0.717, 1.165) is 21.6 Å². The Hall–Kier alpha value is -3.78. The fourth-order valence-corrected chi connectivity index (χ4v) is 7.24. The normalized spacial score (nSPS) is 11.9. The van der Waals surface area contributed by atoms with Crippen molar-refractivity contribution in [2.24, 2.45) is 0 Å². The van der Waals surface area contributed by atoms with Crippen LogP contribution in [0.1, 0.15) is 15.9 Å². The fraction of sp³-hybridized carbons (Fsp3) is 0.121. The number of fused-ring (bicyclic) bond motifs is 1. The molecule has 0 bridgehead atoms. The van der Waals surface area contributed by atoms with E-state index in [1.54, 1.807) is 7.11 Å². The summed E-state index contributed by atoms with van der Waals surface area (Å²) < 4.78 is 5.51. The zero-order chi connectivity index (χ0) is 25.5. The van der Waals surface area contributed by atoms with Crippen LogP contribution in [-0.4, -0.2) is 25.7 Å². The Morgan fingerprint density at radius 3 is 1.92 bits per heavy atom. The number of carbonyl (C=O) groups excluding carboxylic acids is 1. The van der Waals surface area contributed by atoms with Crippen LogP contribution >= 0.6 is 7.92 Å². The molecule has 37 heavy (non-hydrogen) atoms. The van der Waals surface area contributed by atoms with Crippen LogP contribution in [0, 0.1) is 0 Å². The first-order valence-electron chi connectivity index (χ1n) is 12.5. The van der Waals surface area contributed by atoms with E-state index in [1.807, 2.05) is 42.5 Å². The van der Waals surface area contributed by atoms with Crippen LogP contribution in [0.25, 0.3) is 10.8 Å². The highest BCUT2D eigenvalue weighted by molar-refractivity contribution is 7.80. The predicted octanol–water partition coefficient (Wildman–Crippen LogP) is 5.59. The second-order valence-electron chi connectivity index (χ2n) is 9.00. The van der Waals surface area contributed by atoms with Crippen LogP contribution < -0.4 is 21.2 Å². The third-order valence-corrected chi connectivity index (χ3v) is 8.92. The maximum absolute atomic E-state index is 14.2. The van der Waals surface area contributed by atoms with Gasteiger partial charge in [-0.25, -0.2) is 0 Å². The zero-order valence-corrected chi connectivity index (χ0v) is 21.8. The van der Waals surface area contributed by atoms with Crippen molar-refractivity contribution in [1.29, 1.82) is 0 Å². The number of nitrogens with one attached hydrogen (secondary N) is 1. The number of ether oxygens (including phenoxy) is 1. The summed E-state index contributed by atoms with van der Waals surface area (Å²) in [6, 6.07) is 43.5. The van der Waals surface area contributed by atoms with E-state index >= 15 is 0 Å². The lowest BCUT2D eigenvalue weighted by atomic mass is 10.0. The van der Waals surface area contributed by atoms with Crippen LogP contribution in [0.2, 0.25) is 0 Å². The highest BCUT2D eigenvalue weighted by Gasteiger charge is 2.26. The van der Waals surface area contributed by atoms with Gasteiger partial charge in [-0.1, -0.05) is 127 Å². The van der Waals surface area contributed by atoms with Crippen molar-refractivity contribution in [2.45, 2.75) is 12.5 Å². The lowest BCUT2D eigenvalue weighted by Gasteiger charge is -2.25. The topological polar surface area (TPSA) is 38.3 Å². The average Bonchev–Trinajstić information content (AvgIpc) is 2.95. The Labute approximate surface area is 219 Å². The summed E-state index contributed by atoms with van der Waals surface area (Å²) in [5, 5.41) is 8.82. The number of carbonyl (C=O) groups is 1. The molecule has 1 amide bonds. The molecule has 5 aromatic carbocycles. The summed E-state index contributed by atoms with van der Waals surface area (Å²) in [6.45, 7) is 0.437. The molecule has 5 aromatic rings. The molecule has 0 aliphatic rings. The van der Waals surface area contributed by atoms with Crippen molar-refractivity contribution in [1.82, 2.24) is 5.32 Å². The average molecular weight is 504 g/mol. The largest absolute Gasteiger partial charge is 0.383 e. The van der Waals surface area contributed by atoms with Gasteiger partial charge in [-0.05, 0) is 46.6 Å². The third kappa shape index (κ3) is 5.80. The SMILES string of the molecule is COC[C@H](Cc1ccccc1)NC(=O)c1c(P(c2ccccc2)c2ccccc2)ccc2ccccc12. The van der Waals surface area contributed by atoms with Crippen LogP contribution in [0.3, 0.4) is 0 Å². The second-order valence-corrected chi connectivity index (χ2v) is 11.2. The molecule has 0 aliphatic heterocycles. The van der Waals surface area contributed by atoms with Gasteiger partial charge in [0.15, 0.2) is 0 Å². The van der Waals surface area contributed by atoms with Crippen molar-refractivity contribution in [3.8, 4) is 0 Å². The number of benzene rings is 5. The van der Waals surface area contributed by atoms with Crippen LogP contribution in [0.4, 0.5) is 0 Å². The Morgan fingerprint density at radius 1 is 0.730 bits per heavy atom. The van der Waals surface area contributed by atoms with Crippen molar-refractivity contribution >= 4 is 40.5 Å². The standard InChI is InChI=1S/C33H30NO2P/c1-36-24-27(23-25-13-5-2-6-14-25)34-33(35)32-30-20-12-11-15-26(30)21-22-31(32)37(28-16-7-3-8-17-28)29-18-9-4-10-19-29/h2-22,27H,23-24H2,1H3,(H,34,35)/t27-/m0/s1. The summed E-state index contributed by atoms with van der Waals surface area (Å²) in [6.07, 6.45) is 0.701. The van der Waals surface area contributed by atoms with Gasteiger partial charge in [0.25, 0.3) is 5.91 Å². The number of rotatable bonds is 9. The van der Waals surface area contributed by atoms with Gasteiger partial charge in [-0.15, -0.1) is 0 Å². The number of hydrogen-bond donors (Lipinski definition) is 1. The van der Waals surface area contributed by atoms with Gasteiger partial charge >= 0.3 is 0 Å². The first-order chi connectivity index (χ1) is 18.2. The van der Waals surface area contributed by atoms with Gasteiger partial charge in [0.2, 0.25) is 0 Å². The maximum atomic E-state index is 14.2. The Kier molecular flexibility index (Phi) is 8.05. The third-order valence-electron chi connectivity index (χ3n) is 6.43. The molecule has 5 rings (SSSR count). The number of methoxy groups -OCH3 is 1. The minimum absolute atomic E-state index is 0.0656. The Balaban J connectivity index is 1.62. The van der Waals surface area contributed by atoms with Crippen molar-refractivity contribution in [3.05, 3.63) is 139 Å². The molecule has 0 radical (unpaired) electrons. The lowest BCUT2D eigenvalue weighted by Crippen LogP contribution is -2.41. The highest BCUT2D eigenvalue weighted by Crippen LogP contribution is 2.36. The first kappa shape index (κ1) is 24.9. The molecular formula is C33H30NO2P. The van der Waals surface area contributed by atoms with E-state index in [1.165, 1.54) is 16.2 Å². The Morgan fingerprint density at radius 2 is 1.30 bits per heavy atom. The number of amides is 1. The molecule has 184 valence electrons. The minimum atomic E-state index is -0.945. The van der Waals surface area contributed by atoms with Crippen LogP contribution in [0.15, 0.2) is 127 Å². The molecule has 4 heteroatoms.